The van der Waals surface area contributed by atoms with E-state index >= 15 is 0 Å². The Hall–Kier alpha value is -0.810. The van der Waals surface area contributed by atoms with Gasteiger partial charge in [0.2, 0.25) is 0 Å². The van der Waals surface area contributed by atoms with E-state index in [0.29, 0.717) is 23.4 Å². The molecule has 0 aromatic heterocycles. The van der Waals surface area contributed by atoms with Crippen LogP contribution in [0.3, 0.4) is 0 Å². The van der Waals surface area contributed by atoms with Gasteiger partial charge in [0.15, 0.2) is 0 Å². The number of benzene rings is 1. The second-order valence-electron chi connectivity index (χ2n) is 5.21. The standard InChI is InChI=1S/C13H14BrNO2S/c1-13(2,7-18)6-15-11(16)9-4-3-8(14)5-10(9)12(15)17/h3-5,18H,6-7H2,1-2H3. The predicted octanol–water partition coefficient (Wildman–Crippen LogP) is 3.00. The number of carbonyl (C=O) groups excluding carboxylic acids is 2. The van der Waals surface area contributed by atoms with E-state index in [1.54, 1.807) is 18.2 Å². The number of rotatable bonds is 3. The number of hydrogen-bond acceptors (Lipinski definition) is 3. The van der Waals surface area contributed by atoms with Crippen molar-refractivity contribution in [3.63, 3.8) is 0 Å². The first-order valence-corrected chi connectivity index (χ1v) is 7.05. The molecule has 0 unspecified atom stereocenters. The Morgan fingerprint density at radius 3 is 2.44 bits per heavy atom. The maximum atomic E-state index is 12.2. The maximum Gasteiger partial charge on any atom is 0.261 e. The van der Waals surface area contributed by atoms with Crippen LogP contribution in [0.2, 0.25) is 0 Å². The Labute approximate surface area is 120 Å². The van der Waals surface area contributed by atoms with Gasteiger partial charge in [-0.2, -0.15) is 12.6 Å². The van der Waals surface area contributed by atoms with Gasteiger partial charge in [-0.05, 0) is 29.4 Å². The summed E-state index contributed by atoms with van der Waals surface area (Å²) in [4.78, 5) is 25.7. The third-order valence-electron chi connectivity index (χ3n) is 2.95. The number of thiol groups is 1. The molecule has 18 heavy (non-hydrogen) atoms. The van der Waals surface area contributed by atoms with Crippen LogP contribution in [0, 0.1) is 5.41 Å². The van der Waals surface area contributed by atoms with E-state index in [1.807, 2.05) is 13.8 Å². The van der Waals surface area contributed by atoms with Crippen molar-refractivity contribution in [3.8, 4) is 0 Å². The van der Waals surface area contributed by atoms with Gasteiger partial charge in [-0.3, -0.25) is 14.5 Å². The first-order chi connectivity index (χ1) is 8.35. The first-order valence-electron chi connectivity index (χ1n) is 5.62. The average molecular weight is 328 g/mol. The lowest BCUT2D eigenvalue weighted by atomic mass is 9.95. The molecule has 0 spiro atoms. The Balaban J connectivity index is 2.34. The quantitative estimate of drug-likeness (QED) is 0.684. The molecule has 0 N–H and O–H groups in total. The molecule has 1 aliphatic heterocycles. The highest BCUT2D eigenvalue weighted by atomic mass is 79.9. The lowest BCUT2D eigenvalue weighted by molar-refractivity contribution is 0.0603. The van der Waals surface area contributed by atoms with Gasteiger partial charge in [-0.1, -0.05) is 29.8 Å². The highest BCUT2D eigenvalue weighted by Crippen LogP contribution is 2.29. The lowest BCUT2D eigenvalue weighted by Crippen LogP contribution is -2.39. The van der Waals surface area contributed by atoms with Crippen LogP contribution in [0.5, 0.6) is 0 Å². The Morgan fingerprint density at radius 1 is 1.22 bits per heavy atom. The molecule has 5 heteroatoms. The van der Waals surface area contributed by atoms with Gasteiger partial charge in [0, 0.05) is 11.0 Å². The average Bonchev–Trinajstić information content (AvgIpc) is 2.54. The molecule has 0 atom stereocenters. The van der Waals surface area contributed by atoms with Gasteiger partial charge in [0.05, 0.1) is 11.1 Å². The highest BCUT2D eigenvalue weighted by Gasteiger charge is 2.38. The second kappa shape index (κ2) is 4.70. The second-order valence-corrected chi connectivity index (χ2v) is 6.44. The summed E-state index contributed by atoms with van der Waals surface area (Å²) in [6, 6.07) is 5.16. The zero-order chi connectivity index (χ0) is 13.5. The topological polar surface area (TPSA) is 37.4 Å². The molecule has 96 valence electrons. The van der Waals surface area contributed by atoms with Crippen molar-refractivity contribution in [2.45, 2.75) is 13.8 Å². The molecule has 0 aliphatic carbocycles. The molecule has 2 amide bonds. The van der Waals surface area contributed by atoms with Crippen LogP contribution in [-0.2, 0) is 0 Å². The summed E-state index contributed by atoms with van der Waals surface area (Å²) in [5.74, 6) is 0.188. The van der Waals surface area contributed by atoms with E-state index < -0.39 is 0 Å². The van der Waals surface area contributed by atoms with Gasteiger partial charge in [-0.15, -0.1) is 0 Å². The Kier molecular flexibility index (Phi) is 3.56. The molecule has 1 aromatic rings. The zero-order valence-corrected chi connectivity index (χ0v) is 12.7. The Morgan fingerprint density at radius 2 is 1.83 bits per heavy atom. The van der Waals surface area contributed by atoms with Crippen molar-refractivity contribution < 1.29 is 9.59 Å². The predicted molar refractivity (Wildman–Crippen MR) is 77.1 cm³/mol. The summed E-state index contributed by atoms with van der Waals surface area (Å²) < 4.78 is 0.803. The van der Waals surface area contributed by atoms with Crippen LogP contribution in [0.15, 0.2) is 22.7 Å². The van der Waals surface area contributed by atoms with E-state index in [2.05, 4.69) is 28.6 Å². The van der Waals surface area contributed by atoms with Crippen LogP contribution in [0.1, 0.15) is 34.6 Å². The number of amides is 2. The molecule has 1 aromatic carbocycles. The minimum Gasteiger partial charge on any atom is -0.274 e. The minimum absolute atomic E-state index is 0.187. The fourth-order valence-corrected chi connectivity index (χ4v) is 2.35. The fraction of sp³-hybridized carbons (Fsp3) is 0.385. The van der Waals surface area contributed by atoms with Crippen LogP contribution >= 0.6 is 28.6 Å². The van der Waals surface area contributed by atoms with Gasteiger partial charge in [-0.25, -0.2) is 0 Å². The third kappa shape index (κ3) is 2.34. The van der Waals surface area contributed by atoms with Gasteiger partial charge >= 0.3 is 0 Å². The number of nitrogens with zero attached hydrogens (tertiary/aromatic N) is 1. The molecular formula is C13H14BrNO2S. The number of carbonyl (C=O) groups is 2. The van der Waals surface area contributed by atoms with Crippen molar-refractivity contribution in [3.05, 3.63) is 33.8 Å². The summed E-state index contributed by atoms with van der Waals surface area (Å²) in [5, 5.41) is 0. The molecular weight excluding hydrogens is 314 g/mol. The largest absolute Gasteiger partial charge is 0.274 e. The summed E-state index contributed by atoms with van der Waals surface area (Å²) in [7, 11) is 0. The molecule has 2 rings (SSSR count). The number of fused-ring (bicyclic) bond motifs is 1. The van der Waals surface area contributed by atoms with E-state index in [1.165, 1.54) is 4.90 Å². The van der Waals surface area contributed by atoms with E-state index in [-0.39, 0.29) is 17.2 Å². The van der Waals surface area contributed by atoms with E-state index in [4.69, 9.17) is 0 Å². The van der Waals surface area contributed by atoms with Crippen LogP contribution in [0.4, 0.5) is 0 Å². The first kappa shape index (κ1) is 13.6. The molecule has 1 aliphatic rings. The fourth-order valence-electron chi connectivity index (χ4n) is 1.88. The molecule has 0 saturated heterocycles. The van der Waals surface area contributed by atoms with E-state index in [9.17, 15) is 9.59 Å². The number of hydrogen-bond donors (Lipinski definition) is 1. The smallest absolute Gasteiger partial charge is 0.261 e. The van der Waals surface area contributed by atoms with Crippen LogP contribution in [-0.4, -0.2) is 29.0 Å². The van der Waals surface area contributed by atoms with Gasteiger partial charge in [0.1, 0.15) is 0 Å². The molecule has 0 fully saturated rings. The van der Waals surface area contributed by atoms with Gasteiger partial charge < -0.3 is 0 Å². The highest BCUT2D eigenvalue weighted by molar-refractivity contribution is 9.10. The van der Waals surface area contributed by atoms with Crippen LogP contribution in [0.25, 0.3) is 0 Å². The molecule has 0 bridgehead atoms. The summed E-state index contributed by atoms with van der Waals surface area (Å²) >= 11 is 7.57. The Bertz CT molecular complexity index is 528. The normalized spacial score (nSPS) is 15.2. The maximum absolute atomic E-state index is 12.2. The van der Waals surface area contributed by atoms with Crippen LogP contribution < -0.4 is 0 Å². The van der Waals surface area contributed by atoms with Gasteiger partial charge in [0.25, 0.3) is 11.8 Å². The zero-order valence-electron chi connectivity index (χ0n) is 10.2. The van der Waals surface area contributed by atoms with Crippen molar-refractivity contribution in [1.29, 1.82) is 0 Å². The lowest BCUT2D eigenvalue weighted by Gasteiger charge is -2.27. The van der Waals surface area contributed by atoms with E-state index in [0.717, 1.165) is 4.47 Å². The molecule has 1 heterocycles. The summed E-state index contributed by atoms with van der Waals surface area (Å²) in [6.07, 6.45) is 0. The molecule has 3 nitrogen and oxygen atoms in total. The third-order valence-corrected chi connectivity index (χ3v) is 4.30. The van der Waals surface area contributed by atoms with Crippen molar-refractivity contribution in [1.82, 2.24) is 4.90 Å². The minimum atomic E-state index is -0.217. The number of imide groups is 1. The molecule has 0 radical (unpaired) electrons. The monoisotopic (exact) mass is 327 g/mol. The SMILES string of the molecule is CC(C)(CS)CN1C(=O)c2ccc(Br)cc2C1=O. The van der Waals surface area contributed by atoms with Crippen molar-refractivity contribution in [2.24, 2.45) is 5.41 Å². The van der Waals surface area contributed by atoms with Crippen molar-refractivity contribution in [2.75, 3.05) is 12.3 Å². The van der Waals surface area contributed by atoms with Crippen molar-refractivity contribution >= 4 is 40.4 Å². The molecule has 0 saturated carbocycles. The number of halogens is 1. The summed E-state index contributed by atoms with van der Waals surface area (Å²) in [6.45, 7) is 4.36. The summed E-state index contributed by atoms with van der Waals surface area (Å²) in [5.41, 5.74) is 0.774.